The van der Waals surface area contributed by atoms with Crippen LogP contribution in [0.5, 0.6) is 11.5 Å². The first-order valence-electron chi connectivity index (χ1n) is 5.49. The zero-order valence-electron chi connectivity index (χ0n) is 10.4. The van der Waals surface area contributed by atoms with Gasteiger partial charge < -0.3 is 4.74 Å². The molecule has 0 fully saturated rings. The number of carbonyl (C=O) groups is 1. The number of ether oxygens (including phenoxy) is 1. The number of rotatable bonds is 3. The number of nitrogens with zero attached hydrogens (tertiary/aromatic N) is 1. The van der Waals surface area contributed by atoms with Gasteiger partial charge >= 0.3 is 0 Å². The fraction of sp³-hybridized carbons (Fsp3) is 0.0769. The maximum Gasteiger partial charge on any atom is 0.255 e. The highest BCUT2D eigenvalue weighted by Gasteiger charge is 2.23. The number of hydrogen-bond donors (Lipinski definition) is 0. The van der Waals surface area contributed by atoms with Crippen LogP contribution in [0.3, 0.4) is 0 Å². The monoisotopic (exact) mass is 319 g/mol. The van der Waals surface area contributed by atoms with E-state index >= 15 is 0 Å². The summed E-state index contributed by atoms with van der Waals surface area (Å²) in [7, 11) is 0. The van der Waals surface area contributed by atoms with Crippen molar-refractivity contribution in [2.75, 3.05) is 0 Å². The largest absolute Gasteiger partial charge is 0.449 e. The first kappa shape index (κ1) is 15.2. The molecule has 110 valence electrons. The van der Waals surface area contributed by atoms with Gasteiger partial charge in [-0.1, -0.05) is 11.6 Å². The molecular weight excluding hydrogens is 314 g/mol. The molecule has 0 radical (unpaired) electrons. The first-order valence-corrected chi connectivity index (χ1v) is 5.87. The van der Waals surface area contributed by atoms with Gasteiger partial charge in [0.2, 0.25) is 17.4 Å². The predicted molar refractivity (Wildman–Crippen MR) is 65.6 cm³/mol. The second-order valence-electron chi connectivity index (χ2n) is 3.95. The third-order valence-corrected chi connectivity index (χ3v) is 2.80. The Morgan fingerprint density at radius 2 is 1.71 bits per heavy atom. The van der Waals surface area contributed by atoms with Crippen molar-refractivity contribution in [1.29, 1.82) is 0 Å². The highest BCUT2D eigenvalue weighted by Crippen LogP contribution is 2.34. The molecule has 0 amide bonds. The summed E-state index contributed by atoms with van der Waals surface area (Å²) in [6.45, 7) is 1.29. The van der Waals surface area contributed by atoms with E-state index < -0.39 is 29.3 Å². The number of halogens is 5. The maximum absolute atomic E-state index is 13.4. The Morgan fingerprint density at radius 3 is 2.19 bits per heavy atom. The number of ketones is 1. The normalized spacial score (nSPS) is 10.6. The third-order valence-electron chi connectivity index (χ3n) is 2.51. The molecule has 0 saturated carbocycles. The molecule has 1 heterocycles. The van der Waals surface area contributed by atoms with E-state index in [1.54, 1.807) is 0 Å². The molecule has 0 atom stereocenters. The van der Waals surface area contributed by atoms with Crippen LogP contribution in [0.4, 0.5) is 17.6 Å². The van der Waals surface area contributed by atoms with Gasteiger partial charge in [-0.3, -0.25) is 4.79 Å². The van der Waals surface area contributed by atoms with Crippen LogP contribution in [0, 0.1) is 23.5 Å². The summed E-state index contributed by atoms with van der Waals surface area (Å²) in [6.07, 6.45) is 0. The Morgan fingerprint density at radius 1 is 1.14 bits per heavy atom. The first-order chi connectivity index (χ1) is 9.81. The highest BCUT2D eigenvalue weighted by atomic mass is 35.5. The molecule has 0 aliphatic heterocycles. The number of benzene rings is 1. The van der Waals surface area contributed by atoms with Crippen molar-refractivity contribution in [3.8, 4) is 11.5 Å². The molecule has 1 aromatic heterocycles. The van der Waals surface area contributed by atoms with Crippen molar-refractivity contribution in [1.82, 2.24) is 4.98 Å². The quantitative estimate of drug-likeness (QED) is 0.481. The van der Waals surface area contributed by atoms with E-state index in [1.165, 1.54) is 19.1 Å². The molecule has 0 saturated heterocycles. The average molecular weight is 320 g/mol. The van der Waals surface area contributed by atoms with E-state index in [0.717, 1.165) is 6.07 Å². The van der Waals surface area contributed by atoms with E-state index in [9.17, 15) is 22.4 Å². The Labute approximate surface area is 121 Å². The molecule has 21 heavy (non-hydrogen) atoms. The average Bonchev–Trinajstić information content (AvgIpc) is 2.42. The minimum atomic E-state index is -1.85. The van der Waals surface area contributed by atoms with Crippen molar-refractivity contribution in [3.05, 3.63) is 52.3 Å². The number of aromatic nitrogens is 1. The minimum absolute atomic E-state index is 0.154. The molecule has 2 rings (SSSR count). The molecule has 0 unspecified atom stereocenters. The summed E-state index contributed by atoms with van der Waals surface area (Å²) in [5, 5.41) is -0.154. The third kappa shape index (κ3) is 2.97. The van der Waals surface area contributed by atoms with Crippen LogP contribution < -0.4 is 4.74 Å². The molecular formula is C13H6ClF4NO2. The Kier molecular flexibility index (Phi) is 4.13. The minimum Gasteiger partial charge on any atom is -0.449 e. The lowest BCUT2D eigenvalue weighted by Crippen LogP contribution is -2.03. The van der Waals surface area contributed by atoms with Crippen LogP contribution in [0.2, 0.25) is 5.02 Å². The van der Waals surface area contributed by atoms with Crippen molar-refractivity contribution < 1.29 is 27.1 Å². The van der Waals surface area contributed by atoms with E-state index in [4.69, 9.17) is 16.3 Å². The van der Waals surface area contributed by atoms with Crippen molar-refractivity contribution >= 4 is 17.4 Å². The van der Waals surface area contributed by atoms with Gasteiger partial charge in [0, 0.05) is 5.56 Å². The van der Waals surface area contributed by atoms with E-state index in [2.05, 4.69) is 4.98 Å². The fourth-order valence-electron chi connectivity index (χ4n) is 1.47. The van der Waals surface area contributed by atoms with Gasteiger partial charge in [-0.05, 0) is 25.1 Å². The van der Waals surface area contributed by atoms with Crippen LogP contribution in [0.25, 0.3) is 0 Å². The lowest BCUT2D eigenvalue weighted by atomic mass is 10.1. The maximum atomic E-state index is 13.4. The molecule has 0 N–H and O–H groups in total. The zero-order chi connectivity index (χ0) is 15.7. The number of Topliss-reactive ketones (excluding diaryl/α,β-unsaturated/α-hetero) is 1. The summed E-state index contributed by atoms with van der Waals surface area (Å²) in [5.41, 5.74) is 0.236. The van der Waals surface area contributed by atoms with E-state index in [-0.39, 0.29) is 22.1 Å². The second kappa shape index (κ2) is 5.69. The van der Waals surface area contributed by atoms with Gasteiger partial charge in [0.05, 0.1) is 5.02 Å². The summed E-state index contributed by atoms with van der Waals surface area (Å²) in [5.74, 6) is -9.15. The molecule has 0 aliphatic rings. The van der Waals surface area contributed by atoms with Crippen LogP contribution in [0.1, 0.15) is 17.3 Å². The van der Waals surface area contributed by atoms with Gasteiger partial charge in [0.1, 0.15) is 5.75 Å². The number of pyridine rings is 1. The lowest BCUT2D eigenvalue weighted by molar-refractivity contribution is 0.101. The molecule has 3 nitrogen and oxygen atoms in total. The Bertz CT molecular complexity index is 710. The summed E-state index contributed by atoms with van der Waals surface area (Å²) >= 11 is 5.78. The van der Waals surface area contributed by atoms with Gasteiger partial charge in [-0.25, -0.2) is 0 Å². The molecule has 8 heteroatoms. The Balaban J connectivity index is 2.46. The molecule has 0 aliphatic carbocycles. The lowest BCUT2D eigenvalue weighted by Gasteiger charge is -2.10. The number of carbonyl (C=O) groups excluding carboxylic acids is 1. The highest BCUT2D eigenvalue weighted by molar-refractivity contribution is 6.32. The predicted octanol–water partition coefficient (Wildman–Crippen LogP) is 4.29. The summed E-state index contributed by atoms with van der Waals surface area (Å²) in [6, 6.07) is 3.63. The smallest absolute Gasteiger partial charge is 0.255 e. The zero-order valence-corrected chi connectivity index (χ0v) is 11.1. The topological polar surface area (TPSA) is 39.2 Å². The van der Waals surface area contributed by atoms with Gasteiger partial charge in [0.25, 0.3) is 11.9 Å². The SMILES string of the molecule is CC(=O)c1ccc(Oc2c(F)c(F)nc(F)c2F)c(Cl)c1. The molecule has 1 aromatic carbocycles. The van der Waals surface area contributed by atoms with Crippen LogP contribution in [-0.2, 0) is 0 Å². The van der Waals surface area contributed by atoms with Gasteiger partial charge in [-0.2, -0.15) is 22.5 Å². The van der Waals surface area contributed by atoms with E-state index in [1.807, 2.05) is 0 Å². The fourth-order valence-corrected chi connectivity index (χ4v) is 1.69. The van der Waals surface area contributed by atoms with Crippen molar-refractivity contribution in [3.63, 3.8) is 0 Å². The van der Waals surface area contributed by atoms with Crippen LogP contribution >= 0.6 is 11.6 Å². The van der Waals surface area contributed by atoms with E-state index in [0.29, 0.717) is 0 Å². The van der Waals surface area contributed by atoms with Crippen molar-refractivity contribution in [2.24, 2.45) is 0 Å². The van der Waals surface area contributed by atoms with Crippen LogP contribution in [-0.4, -0.2) is 10.8 Å². The van der Waals surface area contributed by atoms with Crippen molar-refractivity contribution in [2.45, 2.75) is 6.92 Å². The molecule has 2 aromatic rings. The van der Waals surface area contributed by atoms with Crippen LogP contribution in [0.15, 0.2) is 18.2 Å². The molecule has 0 spiro atoms. The Hall–Kier alpha value is -2.15. The van der Waals surface area contributed by atoms with Gasteiger partial charge in [0.15, 0.2) is 5.78 Å². The second-order valence-corrected chi connectivity index (χ2v) is 4.36. The molecule has 0 bridgehead atoms. The summed E-state index contributed by atoms with van der Waals surface area (Å²) in [4.78, 5) is 13.5. The van der Waals surface area contributed by atoms with Gasteiger partial charge in [-0.15, -0.1) is 0 Å². The standard InChI is InChI=1S/C13H6ClF4NO2/c1-5(20)6-2-3-8(7(14)4-6)21-11-9(15)12(17)19-13(18)10(11)16/h2-4H,1H3. The number of hydrogen-bond acceptors (Lipinski definition) is 3. The summed E-state index contributed by atoms with van der Waals surface area (Å²) < 4.78 is 57.4.